The molecule has 11 heavy (non-hydrogen) atoms. The molecule has 1 atom stereocenters. The molecular weight excluding hydrogens is 140 g/mol. The largest absolute Gasteiger partial charge is 0.372 e. The maximum absolute atomic E-state index is 9.50. The predicted octanol–water partition coefficient (Wildman–Crippen LogP) is 0.261. The van der Waals surface area contributed by atoms with E-state index in [0.717, 1.165) is 0 Å². The van der Waals surface area contributed by atoms with Gasteiger partial charge < -0.3 is 9.67 Å². The predicted molar refractivity (Wildman–Crippen MR) is 41.6 cm³/mol. The molecule has 3 nitrogen and oxygen atoms in total. The molecule has 0 bridgehead atoms. The number of hydrogen-bond acceptors (Lipinski definition) is 2. The molecular formula is C8H10N2O. The topological polar surface area (TPSA) is 38.0 Å². The van der Waals surface area contributed by atoms with E-state index in [1.54, 1.807) is 17.1 Å². The van der Waals surface area contributed by atoms with Gasteiger partial charge >= 0.3 is 0 Å². The number of aryl methyl sites for hydroxylation is 1. The Bertz CT molecular complexity index is 293. The first-order valence-corrected chi connectivity index (χ1v) is 3.25. The van der Waals surface area contributed by atoms with Crippen LogP contribution in [0.15, 0.2) is 12.5 Å². The van der Waals surface area contributed by atoms with Crippen LogP contribution >= 0.6 is 0 Å². The average Bonchev–Trinajstić information content (AvgIpc) is 2.36. The fourth-order valence-corrected chi connectivity index (χ4v) is 0.738. The molecule has 0 aromatic carbocycles. The van der Waals surface area contributed by atoms with Crippen LogP contribution in [0.25, 0.3) is 0 Å². The van der Waals surface area contributed by atoms with Crippen molar-refractivity contribution in [3.8, 4) is 12.3 Å². The lowest BCUT2D eigenvalue weighted by atomic mass is 10.1. The van der Waals surface area contributed by atoms with Crippen LogP contribution in [0.2, 0.25) is 0 Å². The summed E-state index contributed by atoms with van der Waals surface area (Å²) in [4.78, 5) is 3.93. The molecule has 3 heteroatoms. The van der Waals surface area contributed by atoms with Crippen molar-refractivity contribution in [2.24, 2.45) is 7.05 Å². The first kappa shape index (κ1) is 7.83. The monoisotopic (exact) mass is 150 g/mol. The molecule has 1 heterocycles. The van der Waals surface area contributed by atoms with Crippen molar-refractivity contribution < 1.29 is 5.11 Å². The number of hydrogen-bond donors (Lipinski definition) is 1. The van der Waals surface area contributed by atoms with Gasteiger partial charge in [-0.25, -0.2) is 4.98 Å². The van der Waals surface area contributed by atoms with Crippen molar-refractivity contribution in [3.63, 3.8) is 0 Å². The van der Waals surface area contributed by atoms with Gasteiger partial charge in [0.25, 0.3) is 0 Å². The highest BCUT2D eigenvalue weighted by Crippen LogP contribution is 2.15. The Morgan fingerprint density at radius 1 is 1.82 bits per heavy atom. The molecule has 0 saturated heterocycles. The zero-order valence-corrected chi connectivity index (χ0v) is 6.57. The van der Waals surface area contributed by atoms with Gasteiger partial charge in [0, 0.05) is 13.2 Å². The lowest BCUT2D eigenvalue weighted by Crippen LogP contribution is -2.18. The summed E-state index contributed by atoms with van der Waals surface area (Å²) in [5, 5.41) is 9.50. The van der Waals surface area contributed by atoms with Crippen LogP contribution in [-0.2, 0) is 12.6 Å². The number of aliphatic hydroxyl groups is 1. The highest BCUT2D eigenvalue weighted by atomic mass is 16.3. The lowest BCUT2D eigenvalue weighted by Gasteiger charge is -2.11. The molecule has 1 aromatic heterocycles. The van der Waals surface area contributed by atoms with Crippen LogP contribution in [0.3, 0.4) is 0 Å². The zero-order chi connectivity index (χ0) is 8.48. The Morgan fingerprint density at radius 3 is 2.82 bits per heavy atom. The van der Waals surface area contributed by atoms with Gasteiger partial charge in [0.1, 0.15) is 5.69 Å². The number of aromatic nitrogens is 2. The van der Waals surface area contributed by atoms with Crippen LogP contribution in [0.1, 0.15) is 12.6 Å². The van der Waals surface area contributed by atoms with Crippen molar-refractivity contribution in [2.75, 3.05) is 0 Å². The number of imidazole rings is 1. The SMILES string of the molecule is C#C[C@](C)(O)c1cn(C)cn1. The Hall–Kier alpha value is -1.27. The van der Waals surface area contributed by atoms with Crippen molar-refractivity contribution in [2.45, 2.75) is 12.5 Å². The normalized spacial score (nSPS) is 15.5. The Morgan fingerprint density at radius 2 is 2.45 bits per heavy atom. The van der Waals surface area contributed by atoms with Crippen LogP contribution in [0.4, 0.5) is 0 Å². The zero-order valence-electron chi connectivity index (χ0n) is 6.57. The second-order valence-corrected chi connectivity index (χ2v) is 2.64. The van der Waals surface area contributed by atoms with Crippen LogP contribution < -0.4 is 0 Å². The third-order valence-electron chi connectivity index (χ3n) is 1.48. The third kappa shape index (κ3) is 1.41. The second-order valence-electron chi connectivity index (χ2n) is 2.64. The van der Waals surface area contributed by atoms with E-state index in [-0.39, 0.29) is 0 Å². The Labute approximate surface area is 65.7 Å². The minimum absolute atomic E-state index is 0.502. The first-order chi connectivity index (χ1) is 5.06. The first-order valence-electron chi connectivity index (χ1n) is 3.25. The maximum Gasteiger partial charge on any atom is 0.166 e. The lowest BCUT2D eigenvalue weighted by molar-refractivity contribution is 0.118. The van der Waals surface area contributed by atoms with E-state index in [2.05, 4.69) is 10.9 Å². The second kappa shape index (κ2) is 2.40. The minimum Gasteiger partial charge on any atom is -0.372 e. The molecule has 0 amide bonds. The molecule has 0 radical (unpaired) electrons. The summed E-state index contributed by atoms with van der Waals surface area (Å²) in [5.74, 6) is 2.25. The summed E-state index contributed by atoms with van der Waals surface area (Å²) >= 11 is 0. The van der Waals surface area contributed by atoms with Crippen molar-refractivity contribution in [1.82, 2.24) is 9.55 Å². The molecule has 0 aliphatic rings. The quantitative estimate of drug-likeness (QED) is 0.583. The maximum atomic E-state index is 9.50. The number of terminal acetylenes is 1. The molecule has 1 rings (SSSR count). The van der Waals surface area contributed by atoms with Crippen LogP contribution in [-0.4, -0.2) is 14.7 Å². The van der Waals surface area contributed by atoms with E-state index < -0.39 is 5.60 Å². The van der Waals surface area contributed by atoms with Crippen molar-refractivity contribution in [1.29, 1.82) is 0 Å². The molecule has 0 spiro atoms. The minimum atomic E-state index is -1.25. The molecule has 0 unspecified atom stereocenters. The highest BCUT2D eigenvalue weighted by molar-refractivity contribution is 5.20. The summed E-state index contributed by atoms with van der Waals surface area (Å²) < 4.78 is 1.74. The van der Waals surface area contributed by atoms with Gasteiger partial charge in [-0.2, -0.15) is 0 Å². The van der Waals surface area contributed by atoms with Crippen molar-refractivity contribution >= 4 is 0 Å². The summed E-state index contributed by atoms with van der Waals surface area (Å²) in [6, 6.07) is 0. The summed E-state index contributed by atoms with van der Waals surface area (Å²) in [6.07, 6.45) is 8.39. The molecule has 0 saturated carbocycles. The van der Waals surface area contributed by atoms with Gasteiger partial charge in [-0.05, 0) is 6.92 Å². The highest BCUT2D eigenvalue weighted by Gasteiger charge is 2.21. The van der Waals surface area contributed by atoms with E-state index in [0.29, 0.717) is 5.69 Å². The van der Waals surface area contributed by atoms with Gasteiger partial charge in [-0.15, -0.1) is 6.42 Å². The van der Waals surface area contributed by atoms with E-state index in [1.165, 1.54) is 6.92 Å². The molecule has 1 aromatic rings. The van der Waals surface area contributed by atoms with E-state index in [9.17, 15) is 5.11 Å². The van der Waals surface area contributed by atoms with Crippen LogP contribution in [0.5, 0.6) is 0 Å². The molecule has 58 valence electrons. The molecule has 0 fully saturated rings. The summed E-state index contributed by atoms with van der Waals surface area (Å²) in [7, 11) is 1.82. The van der Waals surface area contributed by atoms with Gasteiger partial charge in [0.05, 0.1) is 6.33 Å². The van der Waals surface area contributed by atoms with Gasteiger partial charge in [-0.3, -0.25) is 0 Å². The Balaban J connectivity index is 3.04. The molecule has 0 aliphatic heterocycles. The van der Waals surface area contributed by atoms with E-state index in [4.69, 9.17) is 6.42 Å². The number of nitrogens with zero attached hydrogens (tertiary/aromatic N) is 2. The van der Waals surface area contributed by atoms with Gasteiger partial charge in [-0.1, -0.05) is 5.92 Å². The fraction of sp³-hybridized carbons (Fsp3) is 0.375. The van der Waals surface area contributed by atoms with Crippen molar-refractivity contribution in [3.05, 3.63) is 18.2 Å². The van der Waals surface area contributed by atoms with Gasteiger partial charge in [0.2, 0.25) is 0 Å². The van der Waals surface area contributed by atoms with Gasteiger partial charge in [0.15, 0.2) is 5.60 Å². The Kier molecular flexibility index (Phi) is 1.71. The molecule has 1 N–H and O–H groups in total. The molecule has 0 aliphatic carbocycles. The number of rotatable bonds is 1. The van der Waals surface area contributed by atoms with E-state index >= 15 is 0 Å². The standard InChI is InChI=1S/C8H10N2O/c1-4-8(2,11)7-5-10(3)6-9-7/h1,5-6,11H,2-3H3/t8-/m0/s1. The summed E-state index contributed by atoms with van der Waals surface area (Å²) in [6.45, 7) is 1.54. The third-order valence-corrected chi connectivity index (χ3v) is 1.48. The summed E-state index contributed by atoms with van der Waals surface area (Å²) in [5.41, 5.74) is -0.746. The smallest absolute Gasteiger partial charge is 0.166 e. The van der Waals surface area contributed by atoms with E-state index in [1.807, 2.05) is 7.05 Å². The average molecular weight is 150 g/mol. The van der Waals surface area contributed by atoms with Crippen LogP contribution in [0, 0.1) is 12.3 Å². The fourth-order valence-electron chi connectivity index (χ4n) is 0.738.